The van der Waals surface area contributed by atoms with Crippen molar-refractivity contribution in [3.05, 3.63) is 18.0 Å². The third kappa shape index (κ3) is 2.03. The molecule has 1 heterocycles. The maximum absolute atomic E-state index is 4.49. The molecule has 0 saturated heterocycles. The van der Waals surface area contributed by atoms with Gasteiger partial charge >= 0.3 is 0 Å². The summed E-state index contributed by atoms with van der Waals surface area (Å²) in [7, 11) is 1.86. The van der Waals surface area contributed by atoms with Crippen LogP contribution >= 0.6 is 0 Å². The van der Waals surface area contributed by atoms with Gasteiger partial charge in [0.2, 0.25) is 5.95 Å². The molecule has 0 spiro atoms. The largest absolute Gasteiger partial charge is 0.357 e. The molecule has 1 saturated carbocycles. The highest BCUT2D eigenvalue weighted by molar-refractivity contribution is 5.25. The van der Waals surface area contributed by atoms with Gasteiger partial charge in [0.05, 0.1) is 0 Å². The van der Waals surface area contributed by atoms with Crippen LogP contribution in [-0.4, -0.2) is 17.0 Å². The van der Waals surface area contributed by atoms with E-state index < -0.39 is 0 Å². The van der Waals surface area contributed by atoms with Crippen molar-refractivity contribution >= 4 is 5.95 Å². The fourth-order valence-corrected chi connectivity index (χ4v) is 2.12. The van der Waals surface area contributed by atoms with Gasteiger partial charge in [-0.2, -0.15) is 0 Å². The zero-order valence-corrected chi connectivity index (χ0v) is 8.66. The van der Waals surface area contributed by atoms with Gasteiger partial charge in [-0.3, -0.25) is 0 Å². The second-order valence-corrected chi connectivity index (χ2v) is 3.89. The topological polar surface area (TPSA) is 37.8 Å². The van der Waals surface area contributed by atoms with Crippen LogP contribution in [0.1, 0.15) is 43.7 Å². The molecule has 1 aromatic rings. The van der Waals surface area contributed by atoms with E-state index in [9.17, 15) is 0 Å². The van der Waals surface area contributed by atoms with Crippen LogP contribution in [0.15, 0.2) is 12.3 Å². The van der Waals surface area contributed by atoms with Gasteiger partial charge in [-0.05, 0) is 18.9 Å². The van der Waals surface area contributed by atoms with Gasteiger partial charge in [0.15, 0.2) is 0 Å². The molecule has 0 atom stereocenters. The summed E-state index contributed by atoms with van der Waals surface area (Å²) in [6, 6.07) is 2.05. The molecule has 0 radical (unpaired) electrons. The van der Waals surface area contributed by atoms with E-state index in [4.69, 9.17) is 0 Å². The van der Waals surface area contributed by atoms with E-state index in [1.807, 2.05) is 13.2 Å². The van der Waals surface area contributed by atoms with Crippen molar-refractivity contribution in [2.45, 2.75) is 38.0 Å². The predicted molar refractivity (Wildman–Crippen MR) is 57.4 cm³/mol. The Morgan fingerprint density at radius 2 is 2.07 bits per heavy atom. The molecule has 1 fully saturated rings. The number of rotatable bonds is 2. The molecule has 1 N–H and O–H groups in total. The maximum Gasteiger partial charge on any atom is 0.222 e. The Balaban J connectivity index is 2.13. The van der Waals surface area contributed by atoms with E-state index in [1.54, 1.807) is 0 Å². The number of nitrogens with zero attached hydrogens (tertiary/aromatic N) is 2. The number of anilines is 1. The zero-order valence-electron chi connectivity index (χ0n) is 8.66. The summed E-state index contributed by atoms with van der Waals surface area (Å²) in [6.07, 6.45) is 8.52. The van der Waals surface area contributed by atoms with Crippen LogP contribution in [0, 0.1) is 0 Å². The average molecular weight is 191 g/mol. The first-order chi connectivity index (χ1) is 6.90. The first-order valence-electron chi connectivity index (χ1n) is 5.41. The third-order valence-electron chi connectivity index (χ3n) is 2.92. The Labute approximate surface area is 85.0 Å². The molecule has 76 valence electrons. The standard InChI is InChI=1S/C11H17N3/c1-12-11-13-8-7-10(14-11)9-5-3-2-4-6-9/h7-9H,2-6H2,1H3,(H,12,13,14). The van der Waals surface area contributed by atoms with Crippen molar-refractivity contribution in [1.29, 1.82) is 0 Å². The fourth-order valence-electron chi connectivity index (χ4n) is 2.12. The normalized spacial score (nSPS) is 18.1. The molecule has 1 aliphatic rings. The summed E-state index contributed by atoms with van der Waals surface area (Å²) in [5.74, 6) is 1.41. The molecule has 3 heteroatoms. The number of hydrogen-bond acceptors (Lipinski definition) is 3. The molecule has 0 amide bonds. The Morgan fingerprint density at radius 1 is 1.29 bits per heavy atom. The van der Waals surface area contributed by atoms with E-state index >= 15 is 0 Å². The summed E-state index contributed by atoms with van der Waals surface area (Å²) >= 11 is 0. The van der Waals surface area contributed by atoms with Crippen LogP contribution in [0.5, 0.6) is 0 Å². The zero-order chi connectivity index (χ0) is 9.80. The monoisotopic (exact) mass is 191 g/mol. The van der Waals surface area contributed by atoms with E-state index in [1.165, 1.54) is 37.8 Å². The summed E-state index contributed by atoms with van der Waals surface area (Å²) in [4.78, 5) is 8.62. The van der Waals surface area contributed by atoms with Crippen molar-refractivity contribution in [2.24, 2.45) is 0 Å². The lowest BCUT2D eigenvalue weighted by Gasteiger charge is -2.20. The lowest BCUT2D eigenvalue weighted by Crippen LogP contribution is -2.08. The van der Waals surface area contributed by atoms with Crippen LogP contribution in [-0.2, 0) is 0 Å². The quantitative estimate of drug-likeness (QED) is 0.780. The minimum Gasteiger partial charge on any atom is -0.357 e. The van der Waals surface area contributed by atoms with Crippen molar-refractivity contribution in [2.75, 3.05) is 12.4 Å². The Kier molecular flexibility index (Phi) is 2.96. The third-order valence-corrected chi connectivity index (χ3v) is 2.92. The van der Waals surface area contributed by atoms with Gasteiger partial charge in [0, 0.05) is 24.9 Å². The molecule has 2 rings (SSSR count). The molecule has 1 aromatic heterocycles. The van der Waals surface area contributed by atoms with Gasteiger partial charge < -0.3 is 5.32 Å². The molecule has 0 aromatic carbocycles. The lowest BCUT2D eigenvalue weighted by molar-refractivity contribution is 0.436. The number of aromatic nitrogens is 2. The smallest absolute Gasteiger partial charge is 0.222 e. The van der Waals surface area contributed by atoms with E-state index in [2.05, 4.69) is 21.4 Å². The molecular formula is C11H17N3. The van der Waals surface area contributed by atoms with Crippen molar-refractivity contribution in [3.8, 4) is 0 Å². The molecule has 0 aliphatic heterocycles. The predicted octanol–water partition coefficient (Wildman–Crippen LogP) is 2.57. The summed E-state index contributed by atoms with van der Waals surface area (Å²) in [5.41, 5.74) is 1.21. The first kappa shape index (κ1) is 9.44. The Morgan fingerprint density at radius 3 is 2.79 bits per heavy atom. The number of hydrogen-bond donors (Lipinski definition) is 1. The minimum atomic E-state index is 0.666. The van der Waals surface area contributed by atoms with Crippen LogP contribution in [0.3, 0.4) is 0 Å². The molecule has 14 heavy (non-hydrogen) atoms. The molecule has 0 bridgehead atoms. The summed E-state index contributed by atoms with van der Waals surface area (Å²) in [5, 5.41) is 2.98. The SMILES string of the molecule is CNc1nccc(C2CCCCC2)n1. The van der Waals surface area contributed by atoms with Gasteiger partial charge in [-0.15, -0.1) is 0 Å². The highest BCUT2D eigenvalue weighted by Gasteiger charge is 2.16. The van der Waals surface area contributed by atoms with Crippen LogP contribution < -0.4 is 5.32 Å². The highest BCUT2D eigenvalue weighted by Crippen LogP contribution is 2.31. The number of nitrogens with one attached hydrogen (secondary N) is 1. The van der Waals surface area contributed by atoms with Gasteiger partial charge in [0.1, 0.15) is 0 Å². The molecule has 0 unspecified atom stereocenters. The van der Waals surface area contributed by atoms with Crippen molar-refractivity contribution in [1.82, 2.24) is 9.97 Å². The van der Waals surface area contributed by atoms with Gasteiger partial charge in [-0.25, -0.2) is 9.97 Å². The molecular weight excluding hydrogens is 174 g/mol. The Hall–Kier alpha value is -1.12. The highest BCUT2D eigenvalue weighted by atomic mass is 15.1. The molecule has 3 nitrogen and oxygen atoms in total. The van der Waals surface area contributed by atoms with E-state index in [-0.39, 0.29) is 0 Å². The average Bonchev–Trinajstić information content (AvgIpc) is 2.30. The van der Waals surface area contributed by atoms with E-state index in [0.717, 1.165) is 5.95 Å². The first-order valence-corrected chi connectivity index (χ1v) is 5.41. The van der Waals surface area contributed by atoms with Gasteiger partial charge in [-0.1, -0.05) is 19.3 Å². The van der Waals surface area contributed by atoms with Crippen LogP contribution in [0.25, 0.3) is 0 Å². The summed E-state index contributed by atoms with van der Waals surface area (Å²) < 4.78 is 0. The van der Waals surface area contributed by atoms with Gasteiger partial charge in [0.25, 0.3) is 0 Å². The summed E-state index contributed by atoms with van der Waals surface area (Å²) in [6.45, 7) is 0. The maximum atomic E-state index is 4.49. The van der Waals surface area contributed by atoms with Crippen LogP contribution in [0.2, 0.25) is 0 Å². The lowest BCUT2D eigenvalue weighted by atomic mass is 9.87. The van der Waals surface area contributed by atoms with E-state index in [0.29, 0.717) is 5.92 Å². The van der Waals surface area contributed by atoms with Crippen molar-refractivity contribution < 1.29 is 0 Å². The Bertz CT molecular complexity index is 292. The molecule has 1 aliphatic carbocycles. The second kappa shape index (κ2) is 4.40. The fraction of sp³-hybridized carbons (Fsp3) is 0.636. The van der Waals surface area contributed by atoms with Crippen molar-refractivity contribution in [3.63, 3.8) is 0 Å². The second-order valence-electron chi connectivity index (χ2n) is 3.89. The minimum absolute atomic E-state index is 0.666. The van der Waals surface area contributed by atoms with Crippen LogP contribution in [0.4, 0.5) is 5.95 Å².